The summed E-state index contributed by atoms with van der Waals surface area (Å²) in [4.78, 5) is 11.4. The third-order valence-electron chi connectivity index (χ3n) is 4.17. The van der Waals surface area contributed by atoms with Gasteiger partial charge in [0.25, 0.3) is 0 Å². The number of fused-ring (bicyclic) bond motifs is 2. The van der Waals surface area contributed by atoms with Crippen molar-refractivity contribution in [3.8, 4) is 0 Å². The Morgan fingerprint density at radius 3 is 2.58 bits per heavy atom. The van der Waals surface area contributed by atoms with Crippen molar-refractivity contribution in [2.75, 3.05) is 13.1 Å². The van der Waals surface area contributed by atoms with Gasteiger partial charge in [0.1, 0.15) is 5.60 Å². The number of amides is 1. The fraction of sp³-hybridized carbons (Fsp3) is 0.933. The highest BCUT2D eigenvalue weighted by Gasteiger charge is 2.38. The normalized spacial score (nSPS) is 29.5. The van der Waals surface area contributed by atoms with Crippen molar-refractivity contribution in [2.24, 2.45) is 11.8 Å². The van der Waals surface area contributed by atoms with Crippen LogP contribution in [0, 0.1) is 11.8 Å². The quantitative estimate of drug-likeness (QED) is 0.754. The van der Waals surface area contributed by atoms with Crippen molar-refractivity contribution < 1.29 is 9.53 Å². The van der Waals surface area contributed by atoms with Crippen molar-refractivity contribution in [1.82, 2.24) is 10.6 Å². The molecule has 2 fully saturated rings. The molecule has 0 aromatic rings. The molecular formula is C15H28N2O2. The number of alkyl carbamates (subject to hydrolysis) is 1. The molecule has 3 atom stereocenters. The highest BCUT2D eigenvalue weighted by Crippen LogP contribution is 2.44. The minimum atomic E-state index is -0.411. The molecule has 0 aromatic heterocycles. The molecule has 0 heterocycles. The Morgan fingerprint density at radius 2 is 2.00 bits per heavy atom. The minimum Gasteiger partial charge on any atom is -0.444 e. The lowest BCUT2D eigenvalue weighted by Gasteiger charge is -2.23. The van der Waals surface area contributed by atoms with Gasteiger partial charge < -0.3 is 15.4 Å². The van der Waals surface area contributed by atoms with Crippen LogP contribution in [0.2, 0.25) is 0 Å². The van der Waals surface area contributed by atoms with E-state index in [1.165, 1.54) is 25.7 Å². The molecule has 2 aliphatic rings. The Bertz CT molecular complexity index is 312. The molecule has 2 saturated carbocycles. The minimum absolute atomic E-state index is 0.313. The first kappa shape index (κ1) is 14.6. The van der Waals surface area contributed by atoms with Gasteiger partial charge in [0.2, 0.25) is 0 Å². The molecule has 110 valence electrons. The van der Waals surface area contributed by atoms with Crippen molar-refractivity contribution in [2.45, 2.75) is 64.5 Å². The van der Waals surface area contributed by atoms with Gasteiger partial charge in [0.15, 0.2) is 0 Å². The van der Waals surface area contributed by atoms with Crippen LogP contribution in [0.15, 0.2) is 0 Å². The molecule has 0 saturated heterocycles. The maximum absolute atomic E-state index is 11.4. The molecule has 2 bridgehead atoms. The van der Waals surface area contributed by atoms with Gasteiger partial charge in [-0.25, -0.2) is 4.79 Å². The lowest BCUT2D eigenvalue weighted by atomic mass is 9.95. The monoisotopic (exact) mass is 268 g/mol. The van der Waals surface area contributed by atoms with Gasteiger partial charge in [-0.2, -0.15) is 0 Å². The topological polar surface area (TPSA) is 50.4 Å². The fourth-order valence-electron chi connectivity index (χ4n) is 3.38. The van der Waals surface area contributed by atoms with Crippen LogP contribution in [0.1, 0.15) is 52.9 Å². The second-order valence-corrected chi connectivity index (χ2v) is 7.02. The van der Waals surface area contributed by atoms with Gasteiger partial charge in [0.05, 0.1) is 0 Å². The fourth-order valence-corrected chi connectivity index (χ4v) is 3.38. The lowest BCUT2D eigenvalue weighted by Crippen LogP contribution is -2.37. The standard InChI is InChI=1S/C15H28N2O2/c1-15(2,3)19-14(18)17-8-4-7-16-13-10-11-5-6-12(13)9-11/h11-13,16H,4-10H2,1-3H3,(H,17,18). The highest BCUT2D eigenvalue weighted by atomic mass is 16.6. The van der Waals surface area contributed by atoms with Crippen LogP contribution < -0.4 is 10.6 Å². The molecule has 0 radical (unpaired) electrons. The van der Waals surface area contributed by atoms with E-state index in [1.54, 1.807) is 0 Å². The second kappa shape index (κ2) is 6.12. The van der Waals surface area contributed by atoms with E-state index < -0.39 is 5.60 Å². The molecule has 19 heavy (non-hydrogen) atoms. The molecule has 4 nitrogen and oxygen atoms in total. The summed E-state index contributed by atoms with van der Waals surface area (Å²) >= 11 is 0. The molecule has 2 N–H and O–H groups in total. The smallest absolute Gasteiger partial charge is 0.407 e. The third kappa shape index (κ3) is 4.68. The van der Waals surface area contributed by atoms with Gasteiger partial charge in [-0.15, -0.1) is 0 Å². The molecule has 4 heteroatoms. The summed E-state index contributed by atoms with van der Waals surface area (Å²) in [7, 11) is 0. The zero-order chi connectivity index (χ0) is 13.9. The first-order valence-electron chi connectivity index (χ1n) is 7.64. The van der Waals surface area contributed by atoms with E-state index in [1.807, 2.05) is 20.8 Å². The zero-order valence-electron chi connectivity index (χ0n) is 12.5. The number of hydrogen-bond acceptors (Lipinski definition) is 3. The van der Waals surface area contributed by atoms with E-state index in [-0.39, 0.29) is 6.09 Å². The zero-order valence-corrected chi connectivity index (χ0v) is 12.5. The van der Waals surface area contributed by atoms with Crippen molar-refractivity contribution >= 4 is 6.09 Å². The third-order valence-corrected chi connectivity index (χ3v) is 4.17. The average molecular weight is 268 g/mol. The summed E-state index contributed by atoms with van der Waals surface area (Å²) < 4.78 is 5.19. The second-order valence-electron chi connectivity index (χ2n) is 7.02. The predicted molar refractivity (Wildman–Crippen MR) is 76.1 cm³/mol. The van der Waals surface area contributed by atoms with Gasteiger partial charge in [-0.1, -0.05) is 6.42 Å². The van der Waals surface area contributed by atoms with Crippen LogP contribution in [-0.2, 0) is 4.74 Å². The van der Waals surface area contributed by atoms with Gasteiger partial charge in [-0.3, -0.25) is 0 Å². The van der Waals surface area contributed by atoms with Gasteiger partial charge in [-0.05, 0) is 64.8 Å². The Hall–Kier alpha value is -0.770. The van der Waals surface area contributed by atoms with Crippen molar-refractivity contribution in [3.63, 3.8) is 0 Å². The van der Waals surface area contributed by atoms with Crippen LogP contribution in [0.4, 0.5) is 4.79 Å². The molecule has 0 aliphatic heterocycles. The van der Waals surface area contributed by atoms with E-state index in [0.717, 1.165) is 30.8 Å². The van der Waals surface area contributed by atoms with Crippen molar-refractivity contribution in [1.29, 1.82) is 0 Å². The highest BCUT2D eigenvalue weighted by molar-refractivity contribution is 5.67. The van der Waals surface area contributed by atoms with Gasteiger partial charge in [0, 0.05) is 12.6 Å². The number of ether oxygens (including phenoxy) is 1. The number of carbonyl (C=O) groups is 1. The Morgan fingerprint density at radius 1 is 1.21 bits per heavy atom. The summed E-state index contributed by atoms with van der Waals surface area (Å²) in [5.41, 5.74) is -0.411. The number of hydrogen-bond donors (Lipinski definition) is 2. The van der Waals surface area contributed by atoms with Crippen LogP contribution in [-0.4, -0.2) is 30.8 Å². The first-order chi connectivity index (χ1) is 8.94. The SMILES string of the molecule is CC(C)(C)OC(=O)NCCCNC1CC2CCC1C2. The number of nitrogens with one attached hydrogen (secondary N) is 2. The summed E-state index contributed by atoms with van der Waals surface area (Å²) in [6, 6.07) is 0.736. The average Bonchev–Trinajstić information content (AvgIpc) is 2.87. The van der Waals surface area contributed by atoms with Crippen molar-refractivity contribution in [3.05, 3.63) is 0 Å². The molecule has 2 aliphatic carbocycles. The molecular weight excluding hydrogens is 240 g/mol. The lowest BCUT2D eigenvalue weighted by molar-refractivity contribution is 0.0527. The summed E-state index contributed by atoms with van der Waals surface area (Å²) in [6.45, 7) is 7.31. The molecule has 1 amide bonds. The maximum atomic E-state index is 11.4. The predicted octanol–water partition coefficient (Wildman–Crippen LogP) is 2.68. The molecule has 0 aromatic carbocycles. The summed E-state index contributed by atoms with van der Waals surface area (Å²) in [5, 5.41) is 6.44. The van der Waals surface area contributed by atoms with Gasteiger partial charge >= 0.3 is 6.09 Å². The number of carbonyl (C=O) groups excluding carboxylic acids is 1. The van der Waals surface area contributed by atoms with E-state index >= 15 is 0 Å². The van der Waals surface area contributed by atoms with Crippen LogP contribution in [0.25, 0.3) is 0 Å². The van der Waals surface area contributed by atoms with E-state index in [4.69, 9.17) is 4.74 Å². The molecule has 3 unspecified atom stereocenters. The Kier molecular flexibility index (Phi) is 4.71. The largest absolute Gasteiger partial charge is 0.444 e. The number of rotatable bonds is 5. The van der Waals surface area contributed by atoms with E-state index in [0.29, 0.717) is 6.54 Å². The summed E-state index contributed by atoms with van der Waals surface area (Å²) in [5.74, 6) is 1.91. The van der Waals surface area contributed by atoms with E-state index in [9.17, 15) is 4.79 Å². The Labute approximate surface area is 116 Å². The van der Waals surface area contributed by atoms with Crippen LogP contribution in [0.3, 0.4) is 0 Å². The summed E-state index contributed by atoms with van der Waals surface area (Å²) in [6.07, 6.45) is 6.32. The first-order valence-corrected chi connectivity index (χ1v) is 7.64. The molecule has 2 rings (SSSR count). The maximum Gasteiger partial charge on any atom is 0.407 e. The molecule has 0 spiro atoms. The van der Waals surface area contributed by atoms with Crippen LogP contribution >= 0.6 is 0 Å². The van der Waals surface area contributed by atoms with E-state index in [2.05, 4.69) is 10.6 Å². The van der Waals surface area contributed by atoms with Crippen LogP contribution in [0.5, 0.6) is 0 Å². The Balaban J connectivity index is 1.50.